The molecule has 1 amide bonds. The van der Waals surface area contributed by atoms with Crippen LogP contribution in [0.25, 0.3) is 0 Å². The molecule has 3 rings (SSSR count). The van der Waals surface area contributed by atoms with Gasteiger partial charge in [0.15, 0.2) is 16.4 Å². The number of amides is 1. The third kappa shape index (κ3) is 7.13. The van der Waals surface area contributed by atoms with Crippen LogP contribution in [0.5, 0.6) is 5.75 Å². The highest BCUT2D eigenvalue weighted by molar-refractivity contribution is 7.92. The van der Waals surface area contributed by atoms with Crippen LogP contribution in [0.2, 0.25) is 5.02 Å². The van der Waals surface area contributed by atoms with Crippen LogP contribution in [0.15, 0.2) is 29.3 Å². The fourth-order valence-corrected chi connectivity index (χ4v) is 5.66. The molecule has 1 aliphatic heterocycles. The van der Waals surface area contributed by atoms with Crippen LogP contribution in [0.1, 0.15) is 22.6 Å². The first-order chi connectivity index (χ1) is 17.1. The number of nitrogens with zero attached hydrogens (tertiary/aromatic N) is 4. The van der Waals surface area contributed by atoms with E-state index in [9.17, 15) is 39.6 Å². The van der Waals surface area contributed by atoms with E-state index in [0.29, 0.717) is 0 Å². The summed E-state index contributed by atoms with van der Waals surface area (Å²) in [7, 11) is -4.16. The molecule has 1 N–H and O–H groups in total. The standard InChI is InChI=1S/C20H16ClF6N5O4S/c21-14-5-11(36-10-20(25,26)27)1-2-15(14)37(34,35)12-3-4-32(8-12)17-13(7-29-16(6-28)31-17)18(33)30-9-19(22,23)24/h1-2,5,7,12H,3-4,8-10H2,(H,30,33). The molecule has 2 heterocycles. The summed E-state index contributed by atoms with van der Waals surface area (Å²) in [5.74, 6) is -2.11. The number of carbonyl (C=O) groups is 1. The zero-order valence-corrected chi connectivity index (χ0v) is 20.0. The van der Waals surface area contributed by atoms with Gasteiger partial charge in [0.05, 0.1) is 15.2 Å². The summed E-state index contributed by atoms with van der Waals surface area (Å²) in [6.45, 7) is -3.51. The van der Waals surface area contributed by atoms with Crippen LogP contribution in [0, 0.1) is 11.3 Å². The van der Waals surface area contributed by atoms with Gasteiger partial charge < -0.3 is 15.0 Å². The van der Waals surface area contributed by atoms with E-state index in [4.69, 9.17) is 16.9 Å². The van der Waals surface area contributed by atoms with Crippen molar-refractivity contribution in [1.29, 1.82) is 5.26 Å². The summed E-state index contributed by atoms with van der Waals surface area (Å²) < 4.78 is 106. The minimum atomic E-state index is -4.69. The Hall–Kier alpha value is -3.32. The molecule has 37 heavy (non-hydrogen) atoms. The van der Waals surface area contributed by atoms with E-state index in [1.807, 2.05) is 0 Å². The van der Waals surface area contributed by atoms with Gasteiger partial charge in [-0.05, 0) is 18.6 Å². The number of carbonyl (C=O) groups excluding carboxylic acids is 1. The van der Waals surface area contributed by atoms with Gasteiger partial charge in [-0.1, -0.05) is 11.6 Å². The van der Waals surface area contributed by atoms with E-state index in [1.54, 1.807) is 11.4 Å². The van der Waals surface area contributed by atoms with Crippen molar-refractivity contribution >= 4 is 33.2 Å². The van der Waals surface area contributed by atoms with Gasteiger partial charge in [0, 0.05) is 25.4 Å². The predicted molar refractivity (Wildman–Crippen MR) is 116 cm³/mol. The van der Waals surface area contributed by atoms with Gasteiger partial charge in [-0.25, -0.2) is 18.4 Å². The second-order valence-corrected chi connectivity index (χ2v) is 10.3. The molecule has 1 aliphatic rings. The Labute approximate surface area is 210 Å². The number of nitrogens with one attached hydrogen (secondary N) is 1. The maximum absolute atomic E-state index is 13.2. The third-order valence-corrected chi connectivity index (χ3v) is 7.71. The first kappa shape index (κ1) is 28.3. The molecule has 0 bridgehead atoms. The van der Waals surface area contributed by atoms with Crippen LogP contribution in [0.3, 0.4) is 0 Å². The number of alkyl halides is 6. The van der Waals surface area contributed by atoms with Gasteiger partial charge in [-0.3, -0.25) is 4.79 Å². The summed E-state index contributed by atoms with van der Waals surface area (Å²) in [6.07, 6.45) is -8.45. The van der Waals surface area contributed by atoms with Crippen molar-refractivity contribution < 1.29 is 44.3 Å². The number of aromatic nitrogens is 2. The summed E-state index contributed by atoms with van der Waals surface area (Å²) in [5.41, 5.74) is -0.398. The number of halogens is 7. The van der Waals surface area contributed by atoms with Crippen molar-refractivity contribution in [3.05, 3.63) is 40.8 Å². The molecule has 0 radical (unpaired) electrons. The maximum atomic E-state index is 13.2. The molecule has 17 heteroatoms. The van der Waals surface area contributed by atoms with E-state index >= 15 is 0 Å². The molecule has 1 aromatic carbocycles. The zero-order valence-electron chi connectivity index (χ0n) is 18.4. The van der Waals surface area contributed by atoms with Gasteiger partial charge in [-0.2, -0.15) is 31.6 Å². The highest BCUT2D eigenvalue weighted by Gasteiger charge is 2.38. The highest BCUT2D eigenvalue weighted by atomic mass is 35.5. The van der Waals surface area contributed by atoms with Crippen LogP contribution in [0.4, 0.5) is 32.2 Å². The SMILES string of the molecule is N#Cc1ncc(C(=O)NCC(F)(F)F)c(N2CCC(S(=O)(=O)c3ccc(OCC(F)(F)F)cc3Cl)C2)n1. The van der Waals surface area contributed by atoms with Crippen molar-refractivity contribution in [2.24, 2.45) is 0 Å². The molecule has 200 valence electrons. The van der Waals surface area contributed by atoms with E-state index in [2.05, 4.69) is 14.7 Å². The molecule has 0 saturated carbocycles. The lowest BCUT2D eigenvalue weighted by molar-refractivity contribution is -0.153. The second-order valence-electron chi connectivity index (χ2n) is 7.74. The van der Waals surface area contributed by atoms with Crippen molar-refractivity contribution in [3.8, 4) is 11.8 Å². The monoisotopic (exact) mass is 571 g/mol. The number of sulfone groups is 1. The van der Waals surface area contributed by atoms with Crippen molar-refractivity contribution in [2.45, 2.75) is 28.9 Å². The van der Waals surface area contributed by atoms with Crippen LogP contribution in [-0.4, -0.2) is 68.1 Å². The van der Waals surface area contributed by atoms with Gasteiger partial charge >= 0.3 is 12.4 Å². The Morgan fingerprint density at radius 3 is 2.54 bits per heavy atom. The van der Waals surface area contributed by atoms with Gasteiger partial charge in [0.1, 0.15) is 29.7 Å². The predicted octanol–water partition coefficient (Wildman–Crippen LogP) is 3.29. The summed E-state index contributed by atoms with van der Waals surface area (Å²) in [5, 5.41) is 9.25. The Kier molecular flexibility index (Phi) is 8.08. The van der Waals surface area contributed by atoms with Gasteiger partial charge in [0.2, 0.25) is 5.82 Å². The number of rotatable bonds is 7. The lowest BCUT2D eigenvalue weighted by Crippen LogP contribution is -2.35. The molecule has 0 aliphatic carbocycles. The van der Waals surface area contributed by atoms with Crippen molar-refractivity contribution in [2.75, 3.05) is 31.1 Å². The normalized spacial score (nSPS) is 16.4. The van der Waals surface area contributed by atoms with E-state index in [-0.39, 0.29) is 41.0 Å². The quantitative estimate of drug-likeness (QED) is 0.502. The molecule has 1 aromatic heterocycles. The lowest BCUT2D eigenvalue weighted by atomic mass is 10.2. The Morgan fingerprint density at radius 2 is 1.95 bits per heavy atom. The van der Waals surface area contributed by atoms with Gasteiger partial charge in [-0.15, -0.1) is 0 Å². The van der Waals surface area contributed by atoms with E-state index in [1.165, 1.54) is 4.90 Å². The molecule has 9 nitrogen and oxygen atoms in total. The second kappa shape index (κ2) is 10.6. The smallest absolute Gasteiger partial charge is 0.422 e. The number of benzene rings is 1. The molecule has 1 atom stereocenters. The van der Waals surface area contributed by atoms with Gasteiger partial charge in [0.25, 0.3) is 5.91 Å². The fourth-order valence-electron chi connectivity index (χ4n) is 3.42. The minimum Gasteiger partial charge on any atom is -0.484 e. The summed E-state index contributed by atoms with van der Waals surface area (Å²) >= 11 is 6.02. The molecule has 1 saturated heterocycles. The fraction of sp³-hybridized carbons (Fsp3) is 0.400. The first-order valence-electron chi connectivity index (χ1n) is 10.2. The van der Waals surface area contributed by atoms with E-state index < -0.39 is 57.9 Å². The summed E-state index contributed by atoms with van der Waals surface area (Å²) in [6, 6.07) is 4.58. The molecular weight excluding hydrogens is 556 g/mol. The molecule has 2 aromatic rings. The number of ether oxygens (including phenoxy) is 1. The van der Waals surface area contributed by atoms with E-state index in [0.717, 1.165) is 24.4 Å². The third-order valence-electron chi connectivity index (χ3n) is 5.06. The van der Waals surface area contributed by atoms with Crippen molar-refractivity contribution in [1.82, 2.24) is 15.3 Å². The average Bonchev–Trinajstić information content (AvgIpc) is 3.31. The summed E-state index contributed by atoms with van der Waals surface area (Å²) in [4.78, 5) is 20.8. The molecular formula is C20H16ClF6N5O4S. The maximum Gasteiger partial charge on any atom is 0.422 e. The number of hydrogen-bond acceptors (Lipinski definition) is 8. The Morgan fingerprint density at radius 1 is 1.24 bits per heavy atom. The van der Waals surface area contributed by atoms with Crippen LogP contribution in [-0.2, 0) is 9.84 Å². The topological polar surface area (TPSA) is 125 Å². The molecule has 0 spiro atoms. The molecule has 1 fully saturated rings. The van der Waals surface area contributed by atoms with Crippen LogP contribution < -0.4 is 15.0 Å². The number of anilines is 1. The largest absolute Gasteiger partial charge is 0.484 e. The highest BCUT2D eigenvalue weighted by Crippen LogP contribution is 2.34. The zero-order chi connectivity index (χ0) is 27.6. The first-order valence-corrected chi connectivity index (χ1v) is 12.1. The van der Waals surface area contributed by atoms with Crippen LogP contribution >= 0.6 is 11.6 Å². The minimum absolute atomic E-state index is 0.00424. The lowest BCUT2D eigenvalue weighted by Gasteiger charge is -2.21. The molecule has 1 unspecified atom stereocenters. The Bertz CT molecular complexity index is 1330. The average molecular weight is 572 g/mol. The number of hydrogen-bond donors (Lipinski definition) is 1. The number of nitriles is 1. The Balaban J connectivity index is 1.83. The van der Waals surface area contributed by atoms with Crippen molar-refractivity contribution in [3.63, 3.8) is 0 Å².